The van der Waals surface area contributed by atoms with Gasteiger partial charge >= 0.3 is 0 Å². The largest absolute Gasteiger partial charge is 0.379 e. The predicted molar refractivity (Wildman–Crippen MR) is 77.4 cm³/mol. The summed E-state index contributed by atoms with van der Waals surface area (Å²) < 4.78 is 27.5. The molecular weight excluding hydrogens is 294 g/mol. The first-order valence-corrected chi connectivity index (χ1v) is 8.22. The number of hydrogen-bond acceptors (Lipinski definition) is 5. The highest BCUT2D eigenvalue weighted by molar-refractivity contribution is 7.89. The van der Waals surface area contributed by atoms with E-state index < -0.39 is 10.0 Å². The molecule has 116 valence electrons. The van der Waals surface area contributed by atoms with Gasteiger partial charge in [0.05, 0.1) is 18.1 Å². The van der Waals surface area contributed by atoms with Gasteiger partial charge in [-0.2, -0.15) is 0 Å². The van der Waals surface area contributed by atoms with Crippen LogP contribution in [0, 0.1) is 0 Å². The second-order valence-electron chi connectivity index (χ2n) is 4.78. The number of benzene rings is 1. The smallest absolute Gasteiger partial charge is 0.251 e. The highest BCUT2D eigenvalue weighted by atomic mass is 32.2. The zero-order chi connectivity index (χ0) is 15.3. The molecule has 21 heavy (non-hydrogen) atoms. The number of hydrogen-bond donors (Lipinski definition) is 2. The van der Waals surface area contributed by atoms with Crippen molar-refractivity contribution in [2.45, 2.75) is 4.90 Å². The van der Waals surface area contributed by atoms with Crippen molar-refractivity contribution in [2.24, 2.45) is 5.14 Å². The first kappa shape index (κ1) is 15.9. The standard InChI is InChI=1S/C13H19N3O4S/c14-21(18,19)12-3-1-11(2-4-12)13(17)15-5-6-16-7-9-20-10-8-16/h1-4H,5-10H2,(H,15,17)(H2,14,18,19). The summed E-state index contributed by atoms with van der Waals surface area (Å²) in [5, 5.41) is 7.80. The van der Waals surface area contributed by atoms with Gasteiger partial charge in [-0.25, -0.2) is 13.6 Å². The molecular formula is C13H19N3O4S. The lowest BCUT2D eigenvalue weighted by molar-refractivity contribution is 0.0383. The fraction of sp³-hybridized carbons (Fsp3) is 0.462. The quantitative estimate of drug-likeness (QED) is 0.755. The van der Waals surface area contributed by atoms with E-state index in [0.717, 1.165) is 32.8 Å². The van der Waals surface area contributed by atoms with Gasteiger partial charge in [-0.15, -0.1) is 0 Å². The number of primary sulfonamides is 1. The number of morpholine rings is 1. The number of nitrogens with zero attached hydrogens (tertiary/aromatic N) is 1. The first-order valence-electron chi connectivity index (χ1n) is 6.68. The maximum absolute atomic E-state index is 11.9. The summed E-state index contributed by atoms with van der Waals surface area (Å²) in [5.41, 5.74) is 0.407. The van der Waals surface area contributed by atoms with Crippen LogP contribution in [0.1, 0.15) is 10.4 Å². The number of nitrogens with one attached hydrogen (secondary N) is 1. The van der Waals surface area contributed by atoms with Crippen molar-refractivity contribution in [1.29, 1.82) is 0 Å². The Morgan fingerprint density at radius 1 is 1.24 bits per heavy atom. The molecule has 0 atom stereocenters. The highest BCUT2D eigenvalue weighted by Gasteiger charge is 2.12. The molecule has 3 N–H and O–H groups in total. The Kier molecular flexibility index (Phi) is 5.29. The van der Waals surface area contributed by atoms with Crippen LogP contribution in [0.25, 0.3) is 0 Å². The monoisotopic (exact) mass is 313 g/mol. The highest BCUT2D eigenvalue weighted by Crippen LogP contribution is 2.08. The van der Waals surface area contributed by atoms with E-state index in [1.165, 1.54) is 24.3 Å². The van der Waals surface area contributed by atoms with E-state index in [0.29, 0.717) is 12.1 Å². The molecule has 1 heterocycles. The molecule has 1 saturated heterocycles. The number of nitrogens with two attached hydrogens (primary N) is 1. The van der Waals surface area contributed by atoms with Crippen LogP contribution in [0.4, 0.5) is 0 Å². The maximum atomic E-state index is 11.9. The topological polar surface area (TPSA) is 102 Å². The van der Waals surface area contributed by atoms with Crippen LogP contribution in [0.15, 0.2) is 29.2 Å². The van der Waals surface area contributed by atoms with E-state index in [9.17, 15) is 13.2 Å². The molecule has 0 unspecified atom stereocenters. The Hall–Kier alpha value is -1.48. The molecule has 8 heteroatoms. The van der Waals surface area contributed by atoms with Crippen molar-refractivity contribution < 1.29 is 17.9 Å². The van der Waals surface area contributed by atoms with E-state index in [2.05, 4.69) is 10.2 Å². The molecule has 0 saturated carbocycles. The van der Waals surface area contributed by atoms with Crippen molar-refractivity contribution in [3.8, 4) is 0 Å². The Labute approximate surface area is 124 Å². The normalized spacial score (nSPS) is 16.6. The van der Waals surface area contributed by atoms with E-state index >= 15 is 0 Å². The van der Waals surface area contributed by atoms with Gasteiger partial charge in [0, 0.05) is 31.7 Å². The number of carbonyl (C=O) groups excluding carboxylic acids is 1. The zero-order valence-corrected chi connectivity index (χ0v) is 12.4. The molecule has 7 nitrogen and oxygen atoms in total. The van der Waals surface area contributed by atoms with Gasteiger partial charge in [0.15, 0.2) is 0 Å². The van der Waals surface area contributed by atoms with Crippen LogP contribution in [0.5, 0.6) is 0 Å². The lowest BCUT2D eigenvalue weighted by Gasteiger charge is -2.26. The lowest BCUT2D eigenvalue weighted by Crippen LogP contribution is -2.41. The summed E-state index contributed by atoms with van der Waals surface area (Å²) in [6, 6.07) is 5.55. The third kappa shape index (κ3) is 4.78. The minimum atomic E-state index is -3.73. The molecule has 1 aromatic rings. The molecule has 0 bridgehead atoms. The molecule has 0 spiro atoms. The number of rotatable bonds is 5. The number of carbonyl (C=O) groups is 1. The third-order valence-electron chi connectivity index (χ3n) is 3.26. The zero-order valence-electron chi connectivity index (χ0n) is 11.6. The molecule has 1 aliphatic heterocycles. The summed E-state index contributed by atoms with van der Waals surface area (Å²) in [6.45, 7) is 4.50. The van der Waals surface area contributed by atoms with Gasteiger partial charge in [0.25, 0.3) is 5.91 Å². The second kappa shape index (κ2) is 6.99. The van der Waals surface area contributed by atoms with Crippen LogP contribution < -0.4 is 10.5 Å². The molecule has 1 aliphatic rings. The second-order valence-corrected chi connectivity index (χ2v) is 6.34. The first-order chi connectivity index (χ1) is 9.97. The van der Waals surface area contributed by atoms with Crippen molar-refractivity contribution in [2.75, 3.05) is 39.4 Å². The van der Waals surface area contributed by atoms with Gasteiger partial charge in [-0.05, 0) is 24.3 Å². The van der Waals surface area contributed by atoms with Crippen LogP contribution in [-0.2, 0) is 14.8 Å². The van der Waals surface area contributed by atoms with Crippen LogP contribution in [0.3, 0.4) is 0 Å². The van der Waals surface area contributed by atoms with Crippen LogP contribution >= 0.6 is 0 Å². The van der Waals surface area contributed by atoms with E-state index in [-0.39, 0.29) is 10.8 Å². The van der Waals surface area contributed by atoms with Crippen LogP contribution in [0.2, 0.25) is 0 Å². The Balaban J connectivity index is 1.83. The average Bonchev–Trinajstić information content (AvgIpc) is 2.47. The maximum Gasteiger partial charge on any atom is 0.251 e. The summed E-state index contributed by atoms with van der Waals surface area (Å²) in [5.74, 6) is -0.232. The number of sulfonamides is 1. The van der Waals surface area contributed by atoms with E-state index in [4.69, 9.17) is 9.88 Å². The summed E-state index contributed by atoms with van der Waals surface area (Å²) in [6.07, 6.45) is 0. The minimum absolute atomic E-state index is 0.00707. The van der Waals surface area contributed by atoms with Crippen LogP contribution in [-0.4, -0.2) is 58.6 Å². The van der Waals surface area contributed by atoms with E-state index in [1.54, 1.807) is 0 Å². The molecule has 2 rings (SSSR count). The Bertz CT molecular complexity index is 580. The average molecular weight is 313 g/mol. The number of ether oxygens (including phenoxy) is 1. The van der Waals surface area contributed by atoms with Gasteiger partial charge in [-0.3, -0.25) is 9.69 Å². The summed E-state index contributed by atoms with van der Waals surface area (Å²) in [4.78, 5) is 14.1. The fourth-order valence-electron chi connectivity index (χ4n) is 2.05. The Morgan fingerprint density at radius 3 is 2.43 bits per heavy atom. The van der Waals surface area contributed by atoms with Crippen molar-refractivity contribution in [3.05, 3.63) is 29.8 Å². The van der Waals surface area contributed by atoms with Gasteiger partial charge in [-0.1, -0.05) is 0 Å². The van der Waals surface area contributed by atoms with E-state index in [1.807, 2.05) is 0 Å². The molecule has 1 fully saturated rings. The predicted octanol–water partition coefficient (Wildman–Crippen LogP) is -0.604. The van der Waals surface area contributed by atoms with Gasteiger partial charge in [0.1, 0.15) is 0 Å². The molecule has 1 amide bonds. The number of amides is 1. The summed E-state index contributed by atoms with van der Waals surface area (Å²) >= 11 is 0. The summed E-state index contributed by atoms with van der Waals surface area (Å²) in [7, 11) is -3.73. The molecule has 0 aliphatic carbocycles. The van der Waals surface area contributed by atoms with Crippen molar-refractivity contribution >= 4 is 15.9 Å². The van der Waals surface area contributed by atoms with Gasteiger partial charge in [0.2, 0.25) is 10.0 Å². The Morgan fingerprint density at radius 2 is 1.86 bits per heavy atom. The van der Waals surface area contributed by atoms with Gasteiger partial charge < -0.3 is 10.1 Å². The molecule has 0 radical (unpaired) electrons. The van der Waals surface area contributed by atoms with Crippen molar-refractivity contribution in [1.82, 2.24) is 10.2 Å². The molecule has 0 aromatic heterocycles. The minimum Gasteiger partial charge on any atom is -0.379 e. The lowest BCUT2D eigenvalue weighted by atomic mass is 10.2. The van der Waals surface area contributed by atoms with Crippen molar-refractivity contribution in [3.63, 3.8) is 0 Å². The SMILES string of the molecule is NS(=O)(=O)c1ccc(C(=O)NCCN2CCOCC2)cc1. The third-order valence-corrected chi connectivity index (χ3v) is 4.19. The fourth-order valence-corrected chi connectivity index (χ4v) is 2.57. The molecule has 1 aromatic carbocycles.